The summed E-state index contributed by atoms with van der Waals surface area (Å²) < 4.78 is 72.6. The second-order valence-corrected chi connectivity index (χ2v) is 12.0. The number of nitriles is 1. The molecule has 3 aromatic rings. The van der Waals surface area contributed by atoms with Gasteiger partial charge < -0.3 is 26.0 Å². The standard InChI is InChI=1S/C34H32ClF5N6O6/c1-18(2)26(28(47)34(39,40)32(51)43-17-33(36,37)38)45-31(50)27(20-9-11-22(52-3)12-10-20)46-30(49)25(44-29(48)24-6-4-5-13-42-24)15-19-7-8-21(16-41)23(35)14-19/h4-14,18,25-27H,15,17H2,1-3H3,(H,43,51)(H,44,48)(H,45,50)(H,46,49). The predicted octanol–water partition coefficient (Wildman–Crippen LogP) is 3.84. The Kier molecular flexibility index (Phi) is 13.8. The van der Waals surface area contributed by atoms with Gasteiger partial charge in [-0.2, -0.15) is 27.2 Å². The van der Waals surface area contributed by atoms with Crippen molar-refractivity contribution in [3.05, 3.63) is 94.3 Å². The van der Waals surface area contributed by atoms with E-state index in [9.17, 15) is 51.2 Å². The fraction of sp³-hybridized carbons (Fsp3) is 0.324. The molecule has 18 heteroatoms. The monoisotopic (exact) mass is 750 g/mol. The lowest BCUT2D eigenvalue weighted by Crippen LogP contribution is -2.58. The van der Waals surface area contributed by atoms with Gasteiger partial charge in [0.2, 0.25) is 17.6 Å². The van der Waals surface area contributed by atoms with Crippen LogP contribution in [-0.2, 0) is 25.6 Å². The third-order valence-electron chi connectivity index (χ3n) is 7.40. The minimum atomic E-state index is -5.05. The molecule has 0 bridgehead atoms. The lowest BCUT2D eigenvalue weighted by Gasteiger charge is -2.28. The van der Waals surface area contributed by atoms with E-state index in [-0.39, 0.29) is 28.3 Å². The average Bonchev–Trinajstić information content (AvgIpc) is 3.11. The number of nitrogens with zero attached hydrogens (tertiary/aromatic N) is 2. The van der Waals surface area contributed by atoms with E-state index in [4.69, 9.17) is 16.3 Å². The zero-order valence-electron chi connectivity index (χ0n) is 27.7. The summed E-state index contributed by atoms with van der Waals surface area (Å²) in [5.74, 6) is -13.5. The molecule has 1 heterocycles. The number of hydrogen-bond donors (Lipinski definition) is 4. The summed E-state index contributed by atoms with van der Waals surface area (Å²) in [6, 6.07) is 10.8. The van der Waals surface area contributed by atoms with Crippen molar-refractivity contribution >= 4 is 41.0 Å². The minimum absolute atomic E-state index is 0.0486. The van der Waals surface area contributed by atoms with Crippen LogP contribution in [0.5, 0.6) is 5.75 Å². The fourth-order valence-electron chi connectivity index (χ4n) is 4.66. The van der Waals surface area contributed by atoms with Crippen LogP contribution in [0, 0.1) is 17.2 Å². The SMILES string of the molecule is COc1ccc(C(NC(=O)C(Cc2ccc(C#N)c(Cl)c2)NC(=O)c2ccccn2)C(=O)NC(C(=O)C(F)(F)C(=O)NCC(F)(F)F)C(C)C)cc1. The van der Waals surface area contributed by atoms with Crippen LogP contribution in [0.15, 0.2) is 66.9 Å². The molecule has 0 aliphatic heterocycles. The molecule has 0 saturated carbocycles. The molecular formula is C34H32ClF5N6O6. The van der Waals surface area contributed by atoms with Crippen molar-refractivity contribution in [2.24, 2.45) is 5.92 Å². The predicted molar refractivity (Wildman–Crippen MR) is 175 cm³/mol. The molecule has 4 N–H and O–H groups in total. The van der Waals surface area contributed by atoms with Gasteiger partial charge in [0.1, 0.15) is 36.1 Å². The molecule has 3 atom stereocenters. The summed E-state index contributed by atoms with van der Waals surface area (Å²) in [7, 11) is 1.36. The molecule has 0 saturated heterocycles. The Bertz CT molecular complexity index is 1820. The van der Waals surface area contributed by atoms with Gasteiger partial charge >= 0.3 is 12.1 Å². The third kappa shape index (κ3) is 10.9. The zero-order chi connectivity index (χ0) is 38.8. The van der Waals surface area contributed by atoms with E-state index in [2.05, 4.69) is 20.9 Å². The highest BCUT2D eigenvalue weighted by molar-refractivity contribution is 6.31. The highest BCUT2D eigenvalue weighted by Gasteiger charge is 2.52. The van der Waals surface area contributed by atoms with E-state index < -0.39 is 72.1 Å². The number of ether oxygens (including phenoxy) is 1. The van der Waals surface area contributed by atoms with Crippen molar-refractivity contribution < 1.29 is 50.7 Å². The van der Waals surface area contributed by atoms with Gasteiger partial charge in [-0.3, -0.25) is 29.0 Å². The molecule has 2 aromatic carbocycles. The van der Waals surface area contributed by atoms with Crippen molar-refractivity contribution in [1.29, 1.82) is 5.26 Å². The number of hydrogen-bond acceptors (Lipinski definition) is 8. The van der Waals surface area contributed by atoms with E-state index >= 15 is 0 Å². The molecule has 3 unspecified atom stereocenters. The van der Waals surface area contributed by atoms with E-state index in [0.717, 1.165) is 5.32 Å². The van der Waals surface area contributed by atoms with Gasteiger partial charge in [0, 0.05) is 12.6 Å². The van der Waals surface area contributed by atoms with Crippen molar-refractivity contribution in [3.8, 4) is 11.8 Å². The number of Topliss-reactive ketones (excluding diaryl/α,β-unsaturated/α-hetero) is 1. The summed E-state index contributed by atoms with van der Waals surface area (Å²) in [6.07, 6.45) is -3.95. The van der Waals surface area contributed by atoms with Crippen LogP contribution in [0.25, 0.3) is 0 Å². The zero-order valence-corrected chi connectivity index (χ0v) is 28.4. The van der Waals surface area contributed by atoms with Crippen LogP contribution in [-0.4, -0.2) is 72.2 Å². The highest BCUT2D eigenvalue weighted by atomic mass is 35.5. The number of benzene rings is 2. The first-order valence-corrected chi connectivity index (χ1v) is 15.7. The van der Waals surface area contributed by atoms with Crippen LogP contribution in [0.1, 0.15) is 47.1 Å². The van der Waals surface area contributed by atoms with Crippen molar-refractivity contribution in [2.75, 3.05) is 13.7 Å². The lowest BCUT2D eigenvalue weighted by atomic mass is 9.94. The Hall–Kier alpha value is -5.63. The fourth-order valence-corrected chi connectivity index (χ4v) is 4.91. The van der Waals surface area contributed by atoms with Crippen molar-refractivity contribution in [3.63, 3.8) is 0 Å². The number of carbonyl (C=O) groups excluding carboxylic acids is 5. The van der Waals surface area contributed by atoms with Crippen LogP contribution >= 0.6 is 11.6 Å². The number of aromatic nitrogens is 1. The number of rotatable bonds is 15. The first-order valence-electron chi connectivity index (χ1n) is 15.3. The number of nitrogens with one attached hydrogen (secondary N) is 4. The minimum Gasteiger partial charge on any atom is -0.497 e. The van der Waals surface area contributed by atoms with Crippen LogP contribution < -0.4 is 26.0 Å². The molecule has 4 amide bonds. The quantitative estimate of drug-likeness (QED) is 0.134. The molecule has 52 heavy (non-hydrogen) atoms. The van der Waals surface area contributed by atoms with Gasteiger partial charge in [0.05, 0.1) is 23.7 Å². The van der Waals surface area contributed by atoms with Gasteiger partial charge in [-0.05, 0) is 53.4 Å². The molecule has 276 valence electrons. The van der Waals surface area contributed by atoms with E-state index in [1.807, 2.05) is 6.07 Å². The summed E-state index contributed by atoms with van der Waals surface area (Å²) >= 11 is 6.17. The molecule has 1 aromatic heterocycles. The first kappa shape index (κ1) is 40.8. The molecule has 0 aliphatic rings. The molecule has 0 spiro atoms. The smallest absolute Gasteiger partial charge is 0.405 e. The summed E-state index contributed by atoms with van der Waals surface area (Å²) in [4.78, 5) is 69.7. The van der Waals surface area contributed by atoms with Crippen LogP contribution in [0.2, 0.25) is 5.02 Å². The molecular weight excluding hydrogens is 719 g/mol. The Balaban J connectivity index is 1.98. The first-order chi connectivity index (χ1) is 24.4. The van der Waals surface area contributed by atoms with E-state index in [1.54, 1.807) is 6.07 Å². The number of amides is 4. The average molecular weight is 751 g/mol. The van der Waals surface area contributed by atoms with Crippen molar-refractivity contribution in [1.82, 2.24) is 26.3 Å². The lowest BCUT2D eigenvalue weighted by molar-refractivity contribution is -0.165. The van der Waals surface area contributed by atoms with Crippen molar-refractivity contribution in [2.45, 2.75) is 50.5 Å². The number of halogens is 6. The molecule has 0 radical (unpaired) electrons. The Morgan fingerprint density at radius 2 is 1.60 bits per heavy atom. The Morgan fingerprint density at radius 3 is 2.13 bits per heavy atom. The van der Waals surface area contributed by atoms with Gasteiger partial charge in [0.15, 0.2) is 0 Å². The maximum Gasteiger partial charge on any atom is 0.405 e. The number of carbonyl (C=O) groups is 5. The van der Waals surface area contributed by atoms with Crippen LogP contribution in [0.4, 0.5) is 22.0 Å². The number of alkyl halides is 5. The highest BCUT2D eigenvalue weighted by Crippen LogP contribution is 2.24. The Morgan fingerprint density at radius 1 is 0.923 bits per heavy atom. The maximum atomic E-state index is 14.9. The number of ketones is 1. The summed E-state index contributed by atoms with van der Waals surface area (Å²) in [5.41, 5.74) is 0.499. The second-order valence-electron chi connectivity index (χ2n) is 11.6. The number of methoxy groups -OCH3 is 1. The third-order valence-corrected chi connectivity index (χ3v) is 7.71. The summed E-state index contributed by atoms with van der Waals surface area (Å²) in [6.45, 7) is 0.338. The summed E-state index contributed by atoms with van der Waals surface area (Å²) in [5, 5.41) is 17.3. The molecule has 0 aliphatic carbocycles. The largest absolute Gasteiger partial charge is 0.497 e. The number of pyridine rings is 1. The van der Waals surface area contributed by atoms with Gasteiger partial charge in [-0.15, -0.1) is 0 Å². The maximum absolute atomic E-state index is 14.9. The molecule has 12 nitrogen and oxygen atoms in total. The van der Waals surface area contributed by atoms with Gasteiger partial charge in [-0.1, -0.05) is 49.7 Å². The van der Waals surface area contributed by atoms with Gasteiger partial charge in [-0.25, -0.2) is 0 Å². The van der Waals surface area contributed by atoms with Crippen LogP contribution in [0.3, 0.4) is 0 Å². The molecule has 0 fully saturated rings. The normalized spacial score (nSPS) is 13.2. The topological polar surface area (TPSA) is 179 Å². The van der Waals surface area contributed by atoms with Gasteiger partial charge in [0.25, 0.3) is 11.8 Å². The van der Waals surface area contributed by atoms with E-state index in [0.29, 0.717) is 11.3 Å². The van der Waals surface area contributed by atoms with E-state index in [1.165, 1.54) is 81.8 Å². The Labute approximate surface area is 299 Å². The second kappa shape index (κ2) is 17.5. The molecule has 3 rings (SSSR count).